The minimum atomic E-state index is -4.46. The summed E-state index contributed by atoms with van der Waals surface area (Å²) in [7, 11) is 1.27. The van der Waals surface area contributed by atoms with Gasteiger partial charge in [-0.2, -0.15) is 13.2 Å². The van der Waals surface area contributed by atoms with Crippen molar-refractivity contribution in [1.82, 2.24) is 0 Å². The van der Waals surface area contributed by atoms with Crippen molar-refractivity contribution in [2.75, 3.05) is 7.11 Å². The first-order valence-electron chi connectivity index (χ1n) is 6.48. The van der Waals surface area contributed by atoms with Gasteiger partial charge in [-0.15, -0.1) is 0 Å². The van der Waals surface area contributed by atoms with Crippen LogP contribution in [-0.4, -0.2) is 13.1 Å². The number of benzene rings is 2. The molecule has 0 fully saturated rings. The molecule has 0 aliphatic carbocycles. The zero-order valence-corrected chi connectivity index (χ0v) is 12.7. The normalized spacial score (nSPS) is 11.2. The van der Waals surface area contributed by atoms with E-state index in [1.54, 1.807) is 24.3 Å². The molecule has 0 radical (unpaired) electrons. The van der Waals surface area contributed by atoms with Crippen LogP contribution in [0.3, 0.4) is 0 Å². The van der Waals surface area contributed by atoms with Crippen LogP contribution in [0.1, 0.15) is 21.5 Å². The Bertz CT molecular complexity index is 714. The standard InChI is InChI=1S/C16H12ClF3O3/c1-22-15(21)11-4-2-3-10(7-11)9-23-14-6-5-12(8-13(14)17)16(18,19)20/h2-8H,9H2,1H3. The number of halogens is 4. The van der Waals surface area contributed by atoms with Gasteiger partial charge in [0.15, 0.2) is 0 Å². The number of carbonyl (C=O) groups excluding carboxylic acids is 1. The molecule has 0 aliphatic rings. The highest BCUT2D eigenvalue weighted by atomic mass is 35.5. The summed E-state index contributed by atoms with van der Waals surface area (Å²) < 4.78 is 47.7. The summed E-state index contributed by atoms with van der Waals surface area (Å²) in [4.78, 5) is 11.4. The van der Waals surface area contributed by atoms with Crippen molar-refractivity contribution in [3.63, 3.8) is 0 Å². The quantitative estimate of drug-likeness (QED) is 0.752. The molecule has 0 atom stereocenters. The van der Waals surface area contributed by atoms with Gasteiger partial charge in [0.05, 0.1) is 23.3 Å². The summed E-state index contributed by atoms with van der Waals surface area (Å²) in [6, 6.07) is 9.39. The van der Waals surface area contributed by atoms with Gasteiger partial charge in [-0.3, -0.25) is 0 Å². The minimum Gasteiger partial charge on any atom is -0.487 e. The molecule has 2 rings (SSSR count). The van der Waals surface area contributed by atoms with Crippen LogP contribution in [0, 0.1) is 0 Å². The lowest BCUT2D eigenvalue weighted by molar-refractivity contribution is -0.137. The van der Waals surface area contributed by atoms with Crippen molar-refractivity contribution in [2.45, 2.75) is 12.8 Å². The van der Waals surface area contributed by atoms with E-state index in [-0.39, 0.29) is 17.4 Å². The number of methoxy groups -OCH3 is 1. The second-order valence-corrected chi connectivity index (χ2v) is 5.03. The fourth-order valence-corrected chi connectivity index (χ4v) is 2.10. The molecular formula is C16H12ClF3O3. The van der Waals surface area contributed by atoms with Crippen molar-refractivity contribution in [3.8, 4) is 5.75 Å². The third-order valence-corrected chi connectivity index (χ3v) is 3.30. The first-order valence-corrected chi connectivity index (χ1v) is 6.86. The molecule has 2 aromatic rings. The Morgan fingerprint density at radius 1 is 1.17 bits per heavy atom. The second-order valence-electron chi connectivity index (χ2n) is 4.62. The van der Waals surface area contributed by atoms with Gasteiger partial charge in [0.2, 0.25) is 0 Å². The number of alkyl halides is 3. The van der Waals surface area contributed by atoms with Crippen molar-refractivity contribution >= 4 is 17.6 Å². The monoisotopic (exact) mass is 344 g/mol. The lowest BCUT2D eigenvalue weighted by Crippen LogP contribution is -2.05. The number of ether oxygens (including phenoxy) is 2. The van der Waals surface area contributed by atoms with Crippen LogP contribution in [0.15, 0.2) is 42.5 Å². The van der Waals surface area contributed by atoms with Crippen LogP contribution in [0.25, 0.3) is 0 Å². The van der Waals surface area contributed by atoms with E-state index < -0.39 is 17.7 Å². The number of esters is 1. The Labute approximate surface area is 135 Å². The second kappa shape index (κ2) is 6.91. The van der Waals surface area contributed by atoms with E-state index in [2.05, 4.69) is 4.74 Å². The molecule has 0 amide bonds. The maximum atomic E-state index is 12.6. The van der Waals surface area contributed by atoms with Gasteiger partial charge in [-0.05, 0) is 35.9 Å². The van der Waals surface area contributed by atoms with E-state index in [1.165, 1.54) is 7.11 Å². The Kier molecular flexibility index (Phi) is 5.15. The number of rotatable bonds is 4. The molecular weight excluding hydrogens is 333 g/mol. The lowest BCUT2D eigenvalue weighted by atomic mass is 10.1. The van der Waals surface area contributed by atoms with Crippen molar-refractivity contribution in [3.05, 3.63) is 64.2 Å². The van der Waals surface area contributed by atoms with E-state index in [0.717, 1.165) is 18.2 Å². The molecule has 7 heteroatoms. The molecule has 0 unspecified atom stereocenters. The summed E-state index contributed by atoms with van der Waals surface area (Å²) in [6.07, 6.45) is -4.46. The summed E-state index contributed by atoms with van der Waals surface area (Å²) in [6.45, 7) is 0.0515. The number of hydrogen-bond acceptors (Lipinski definition) is 3. The first-order chi connectivity index (χ1) is 10.8. The minimum absolute atomic E-state index is 0.0515. The Balaban J connectivity index is 2.11. The predicted molar refractivity (Wildman–Crippen MR) is 78.6 cm³/mol. The van der Waals surface area contributed by atoms with Gasteiger partial charge in [-0.25, -0.2) is 4.79 Å². The zero-order chi connectivity index (χ0) is 17.0. The molecule has 122 valence electrons. The molecule has 0 heterocycles. The van der Waals surface area contributed by atoms with Crippen LogP contribution in [0.2, 0.25) is 5.02 Å². The summed E-state index contributed by atoms with van der Waals surface area (Å²) in [5, 5.41) is -0.135. The Hall–Kier alpha value is -2.21. The van der Waals surface area contributed by atoms with Gasteiger partial charge in [0, 0.05) is 0 Å². The molecule has 23 heavy (non-hydrogen) atoms. The van der Waals surface area contributed by atoms with Crippen LogP contribution in [0.4, 0.5) is 13.2 Å². The third kappa shape index (κ3) is 4.39. The molecule has 3 nitrogen and oxygen atoms in total. The molecule has 0 N–H and O–H groups in total. The highest BCUT2D eigenvalue weighted by Crippen LogP contribution is 2.34. The fourth-order valence-electron chi connectivity index (χ4n) is 1.86. The van der Waals surface area contributed by atoms with Crippen molar-refractivity contribution in [2.24, 2.45) is 0 Å². The Morgan fingerprint density at radius 2 is 1.91 bits per heavy atom. The average Bonchev–Trinajstić information content (AvgIpc) is 2.52. The maximum Gasteiger partial charge on any atom is 0.416 e. The maximum absolute atomic E-state index is 12.6. The van der Waals surface area contributed by atoms with Gasteiger partial charge < -0.3 is 9.47 Å². The summed E-state index contributed by atoms with van der Waals surface area (Å²) in [5.41, 5.74) is 0.165. The van der Waals surface area contributed by atoms with Crippen LogP contribution >= 0.6 is 11.6 Å². The van der Waals surface area contributed by atoms with Crippen molar-refractivity contribution in [1.29, 1.82) is 0 Å². The highest BCUT2D eigenvalue weighted by Gasteiger charge is 2.31. The van der Waals surface area contributed by atoms with E-state index in [9.17, 15) is 18.0 Å². The molecule has 0 saturated carbocycles. The van der Waals surface area contributed by atoms with Crippen molar-refractivity contribution < 1.29 is 27.4 Å². The van der Waals surface area contributed by atoms with Gasteiger partial charge >= 0.3 is 12.1 Å². The molecule has 0 saturated heterocycles. The van der Waals surface area contributed by atoms with E-state index >= 15 is 0 Å². The summed E-state index contributed by atoms with van der Waals surface area (Å²) >= 11 is 5.81. The smallest absolute Gasteiger partial charge is 0.416 e. The molecule has 0 bridgehead atoms. The van der Waals surface area contributed by atoms with Crippen LogP contribution in [0.5, 0.6) is 5.75 Å². The van der Waals surface area contributed by atoms with Gasteiger partial charge in [-0.1, -0.05) is 23.7 Å². The van der Waals surface area contributed by atoms with Crippen LogP contribution in [-0.2, 0) is 17.5 Å². The first kappa shape index (κ1) is 17.1. The topological polar surface area (TPSA) is 35.5 Å². The third-order valence-electron chi connectivity index (χ3n) is 3.00. The molecule has 2 aromatic carbocycles. The summed E-state index contributed by atoms with van der Waals surface area (Å²) in [5.74, 6) is -0.359. The molecule has 0 aliphatic heterocycles. The van der Waals surface area contributed by atoms with Gasteiger partial charge in [0.25, 0.3) is 0 Å². The zero-order valence-electron chi connectivity index (χ0n) is 12.0. The van der Waals surface area contributed by atoms with E-state index in [1.807, 2.05) is 0 Å². The van der Waals surface area contributed by atoms with Crippen LogP contribution < -0.4 is 4.74 Å². The Morgan fingerprint density at radius 3 is 2.52 bits per heavy atom. The van der Waals surface area contributed by atoms with Gasteiger partial charge in [0.1, 0.15) is 12.4 Å². The lowest BCUT2D eigenvalue weighted by Gasteiger charge is -2.11. The SMILES string of the molecule is COC(=O)c1cccc(COc2ccc(C(F)(F)F)cc2Cl)c1. The molecule has 0 aromatic heterocycles. The highest BCUT2D eigenvalue weighted by molar-refractivity contribution is 6.32. The predicted octanol–water partition coefficient (Wildman–Crippen LogP) is 4.72. The largest absolute Gasteiger partial charge is 0.487 e. The number of carbonyl (C=O) groups is 1. The van der Waals surface area contributed by atoms with E-state index in [4.69, 9.17) is 16.3 Å². The average molecular weight is 345 g/mol. The van der Waals surface area contributed by atoms with E-state index in [0.29, 0.717) is 11.1 Å². The number of hydrogen-bond donors (Lipinski definition) is 0. The fraction of sp³-hybridized carbons (Fsp3) is 0.188. The molecule has 0 spiro atoms.